The van der Waals surface area contributed by atoms with Gasteiger partial charge in [0.15, 0.2) is 0 Å². The molecule has 0 spiro atoms. The summed E-state index contributed by atoms with van der Waals surface area (Å²) in [5.74, 6) is 0.682. The molecule has 0 amide bonds. The molecule has 0 radical (unpaired) electrons. The van der Waals surface area contributed by atoms with Crippen molar-refractivity contribution in [3.63, 3.8) is 0 Å². The Kier molecular flexibility index (Phi) is 7.01. The Morgan fingerprint density at radius 1 is 1.09 bits per heavy atom. The normalized spacial score (nSPS) is 18.1. The third-order valence-corrected chi connectivity index (χ3v) is 8.64. The highest BCUT2D eigenvalue weighted by atomic mass is 19.1. The SMILES string of the molecule is CNCCCn1cc(-c2cc3c(-c4ccc(N5CC6CC(C5)N6Cc5cc(F)ccc5O)nc4)c(C#N)cnc3[nH]2)cn1. The largest absolute Gasteiger partial charge is 0.508 e. The average Bonchev–Trinajstić information content (AvgIpc) is 3.68. The van der Waals surface area contributed by atoms with Gasteiger partial charge in [0, 0.05) is 84.5 Å². The average molecular weight is 578 g/mol. The van der Waals surface area contributed by atoms with Gasteiger partial charge in [0.05, 0.1) is 17.5 Å². The van der Waals surface area contributed by atoms with Crippen molar-refractivity contribution in [3.8, 4) is 34.2 Å². The number of phenols is 1. The topological polar surface area (TPSA) is 122 Å². The number of rotatable bonds is 9. The minimum absolute atomic E-state index is 0.132. The minimum atomic E-state index is -0.335. The summed E-state index contributed by atoms with van der Waals surface area (Å²) in [5.41, 5.74) is 5.33. The van der Waals surface area contributed by atoms with Crippen LogP contribution in [0, 0.1) is 17.1 Å². The summed E-state index contributed by atoms with van der Waals surface area (Å²) in [7, 11) is 1.94. The summed E-state index contributed by atoms with van der Waals surface area (Å²) in [6, 6.07) is 13.1. The Morgan fingerprint density at radius 3 is 2.72 bits per heavy atom. The molecule has 8 rings (SSSR count). The molecule has 11 heteroatoms. The number of aromatic nitrogens is 5. The molecule has 3 aliphatic rings. The first kappa shape index (κ1) is 27.1. The van der Waals surface area contributed by atoms with Crippen LogP contribution in [-0.4, -0.2) is 73.5 Å². The molecule has 43 heavy (non-hydrogen) atoms. The van der Waals surface area contributed by atoms with Crippen LogP contribution in [0.15, 0.2) is 61.2 Å². The Bertz CT molecular complexity index is 1810. The molecule has 3 saturated heterocycles. The number of phenolic OH excluding ortho intramolecular Hbond substituents is 1. The van der Waals surface area contributed by atoms with E-state index < -0.39 is 0 Å². The first-order chi connectivity index (χ1) is 21.0. The highest BCUT2D eigenvalue weighted by Gasteiger charge is 2.44. The van der Waals surface area contributed by atoms with Crippen molar-refractivity contribution in [2.24, 2.45) is 0 Å². The Morgan fingerprint density at radius 2 is 1.95 bits per heavy atom. The molecule has 0 saturated carbocycles. The molecule has 1 aromatic carbocycles. The predicted octanol–water partition coefficient (Wildman–Crippen LogP) is 4.28. The summed E-state index contributed by atoms with van der Waals surface area (Å²) in [5, 5.41) is 28.6. The van der Waals surface area contributed by atoms with Gasteiger partial charge in [-0.2, -0.15) is 10.4 Å². The molecule has 10 nitrogen and oxygen atoms in total. The number of aryl methyl sites for hydroxylation is 1. The number of piperazine rings is 1. The second-order valence-electron chi connectivity index (χ2n) is 11.4. The van der Waals surface area contributed by atoms with E-state index >= 15 is 0 Å². The van der Waals surface area contributed by atoms with E-state index in [1.807, 2.05) is 48.5 Å². The van der Waals surface area contributed by atoms with Gasteiger partial charge in [0.2, 0.25) is 0 Å². The van der Waals surface area contributed by atoms with E-state index in [0.29, 0.717) is 35.4 Å². The Balaban J connectivity index is 1.10. The van der Waals surface area contributed by atoms with Crippen LogP contribution in [0.25, 0.3) is 33.4 Å². The number of piperidine rings is 1. The summed E-state index contributed by atoms with van der Waals surface area (Å²) in [4.78, 5) is 17.3. The molecule has 3 aliphatic heterocycles. The van der Waals surface area contributed by atoms with E-state index in [4.69, 9.17) is 4.98 Å². The van der Waals surface area contributed by atoms with E-state index in [9.17, 15) is 14.8 Å². The third kappa shape index (κ3) is 5.09. The van der Waals surface area contributed by atoms with Crippen LogP contribution < -0.4 is 10.2 Å². The smallest absolute Gasteiger partial charge is 0.138 e. The second kappa shape index (κ2) is 11.1. The van der Waals surface area contributed by atoms with Crippen LogP contribution in [0.1, 0.15) is 24.0 Å². The fraction of sp³-hybridized carbons (Fsp3) is 0.312. The fourth-order valence-electron chi connectivity index (χ4n) is 6.40. The first-order valence-corrected chi connectivity index (χ1v) is 14.5. The van der Waals surface area contributed by atoms with Crippen molar-refractivity contribution in [1.82, 2.24) is 34.9 Å². The van der Waals surface area contributed by atoms with Gasteiger partial charge in [-0.05, 0) is 62.8 Å². The number of H-pyrrole nitrogens is 1. The molecule has 2 atom stereocenters. The van der Waals surface area contributed by atoms with E-state index in [1.165, 1.54) is 18.2 Å². The lowest BCUT2D eigenvalue weighted by atomic mass is 9.86. The van der Waals surface area contributed by atoms with Crippen LogP contribution in [0.5, 0.6) is 5.75 Å². The van der Waals surface area contributed by atoms with Crippen LogP contribution in [0.4, 0.5) is 10.2 Å². The number of benzene rings is 1. The number of nitrogens with zero attached hydrogens (tertiary/aromatic N) is 7. The van der Waals surface area contributed by atoms with Crippen LogP contribution in [-0.2, 0) is 13.1 Å². The predicted molar refractivity (Wildman–Crippen MR) is 162 cm³/mol. The van der Waals surface area contributed by atoms with E-state index in [2.05, 4.69) is 36.3 Å². The van der Waals surface area contributed by atoms with Gasteiger partial charge in [-0.25, -0.2) is 14.4 Å². The van der Waals surface area contributed by atoms with Crippen molar-refractivity contribution < 1.29 is 9.50 Å². The van der Waals surface area contributed by atoms with Crippen molar-refractivity contribution >= 4 is 16.9 Å². The van der Waals surface area contributed by atoms with Gasteiger partial charge in [-0.1, -0.05) is 0 Å². The highest BCUT2D eigenvalue weighted by Crippen LogP contribution is 2.38. The quantitative estimate of drug-likeness (QED) is 0.222. The minimum Gasteiger partial charge on any atom is -0.508 e. The third-order valence-electron chi connectivity index (χ3n) is 8.64. The van der Waals surface area contributed by atoms with Crippen molar-refractivity contribution in [1.29, 1.82) is 5.26 Å². The molecule has 7 heterocycles. The van der Waals surface area contributed by atoms with E-state index in [0.717, 1.165) is 72.6 Å². The molecule has 3 N–H and O–H groups in total. The zero-order valence-electron chi connectivity index (χ0n) is 23.8. The zero-order chi connectivity index (χ0) is 29.5. The fourth-order valence-corrected chi connectivity index (χ4v) is 6.40. The molecule has 2 unspecified atom stereocenters. The molecule has 4 aromatic heterocycles. The van der Waals surface area contributed by atoms with E-state index in [-0.39, 0.29) is 11.6 Å². The highest BCUT2D eigenvalue weighted by molar-refractivity contribution is 5.98. The number of aromatic amines is 1. The number of anilines is 1. The maximum absolute atomic E-state index is 13.7. The molecule has 218 valence electrons. The van der Waals surface area contributed by atoms with Gasteiger partial charge in [-0.3, -0.25) is 9.58 Å². The Hall–Kier alpha value is -4.79. The maximum Gasteiger partial charge on any atom is 0.138 e. The lowest BCUT2D eigenvalue weighted by Crippen LogP contribution is -2.68. The van der Waals surface area contributed by atoms with Gasteiger partial charge < -0.3 is 20.3 Å². The lowest BCUT2D eigenvalue weighted by molar-refractivity contribution is -0.00921. The summed E-state index contributed by atoms with van der Waals surface area (Å²) < 4.78 is 15.7. The number of hydrogen-bond donors (Lipinski definition) is 3. The number of halogens is 1. The van der Waals surface area contributed by atoms with Crippen LogP contribution in [0.2, 0.25) is 0 Å². The van der Waals surface area contributed by atoms with Crippen LogP contribution in [0.3, 0.4) is 0 Å². The van der Waals surface area contributed by atoms with Crippen molar-refractivity contribution in [2.75, 3.05) is 31.6 Å². The van der Waals surface area contributed by atoms with Crippen LogP contribution >= 0.6 is 0 Å². The number of aromatic hydroxyl groups is 1. The van der Waals surface area contributed by atoms with Gasteiger partial charge in [-0.15, -0.1) is 0 Å². The number of nitriles is 1. The summed E-state index contributed by atoms with van der Waals surface area (Å²) in [6.45, 7) is 3.91. The number of pyridine rings is 2. The monoisotopic (exact) mass is 577 g/mol. The number of nitrogens with one attached hydrogen (secondary N) is 2. The number of fused-ring (bicyclic) bond motifs is 3. The Labute approximate surface area is 248 Å². The van der Waals surface area contributed by atoms with Crippen molar-refractivity contribution in [3.05, 3.63) is 78.1 Å². The summed E-state index contributed by atoms with van der Waals surface area (Å²) in [6.07, 6.45) is 9.37. The molecule has 2 bridgehead atoms. The van der Waals surface area contributed by atoms with Gasteiger partial charge in [0.1, 0.15) is 29.1 Å². The zero-order valence-corrected chi connectivity index (χ0v) is 23.8. The lowest BCUT2D eigenvalue weighted by Gasteiger charge is -2.56. The van der Waals surface area contributed by atoms with Crippen molar-refractivity contribution in [2.45, 2.75) is 38.0 Å². The molecular weight excluding hydrogens is 545 g/mol. The molecule has 0 aliphatic carbocycles. The van der Waals surface area contributed by atoms with E-state index in [1.54, 1.807) is 6.20 Å². The summed E-state index contributed by atoms with van der Waals surface area (Å²) >= 11 is 0. The second-order valence-corrected chi connectivity index (χ2v) is 11.4. The molecular formula is C32H32FN9O. The molecule has 3 fully saturated rings. The van der Waals surface area contributed by atoms with Gasteiger partial charge >= 0.3 is 0 Å². The first-order valence-electron chi connectivity index (χ1n) is 14.5. The van der Waals surface area contributed by atoms with Gasteiger partial charge in [0.25, 0.3) is 0 Å². The molecule has 5 aromatic rings. The standard InChI is InChI=1S/C32H32FN9O/c1-35-7-2-8-41-16-23(15-38-41)28-11-27-31(22(12-34)14-37-32(27)39-28)20-3-6-30(36-13-20)40-18-25-10-26(19-40)42(25)17-21-9-24(33)4-5-29(21)43/h3-6,9,11,13-16,25-26,35,43H,2,7-8,10,17-19H2,1H3,(H,37,39). The maximum atomic E-state index is 13.7. The number of hydrogen-bond acceptors (Lipinski definition) is 8.